The summed E-state index contributed by atoms with van der Waals surface area (Å²) in [6.45, 7) is 5.56. The van der Waals surface area contributed by atoms with E-state index in [0.29, 0.717) is 11.4 Å². The second-order valence-electron chi connectivity index (χ2n) is 6.60. The first-order chi connectivity index (χ1) is 13.7. The normalized spacial score (nSPS) is 11.6. The Labute approximate surface area is 169 Å². The molecule has 0 radical (unpaired) electrons. The minimum absolute atomic E-state index is 0.0178. The largest absolute Gasteiger partial charge is 0.460 e. The van der Waals surface area contributed by atoms with Gasteiger partial charge in [-0.2, -0.15) is 5.10 Å². The number of anilines is 1. The van der Waals surface area contributed by atoms with Crippen molar-refractivity contribution in [2.45, 2.75) is 25.7 Å². The predicted octanol–water partition coefficient (Wildman–Crippen LogP) is 3.77. The van der Waals surface area contributed by atoms with Crippen molar-refractivity contribution in [2.24, 2.45) is 5.10 Å². The molecule has 0 aliphatic heterocycles. The third kappa shape index (κ3) is 5.11. The number of hydrogen-bond acceptors (Lipinski definition) is 5. The highest BCUT2D eigenvalue weighted by Gasteiger charge is 2.17. The number of benzene rings is 2. The van der Waals surface area contributed by atoms with Gasteiger partial charge in [-0.15, -0.1) is 0 Å². The molecule has 3 aromatic rings. The van der Waals surface area contributed by atoms with Crippen LogP contribution in [0.2, 0.25) is 0 Å². The van der Waals surface area contributed by atoms with E-state index in [1.807, 2.05) is 26.0 Å². The Hall–Kier alpha value is -3.39. The summed E-state index contributed by atoms with van der Waals surface area (Å²) >= 11 is 0. The minimum atomic E-state index is -3.85. The van der Waals surface area contributed by atoms with E-state index >= 15 is 0 Å². The molecule has 0 unspecified atom stereocenters. The summed E-state index contributed by atoms with van der Waals surface area (Å²) in [7, 11) is -3.85. The Bertz CT molecular complexity index is 1180. The van der Waals surface area contributed by atoms with E-state index in [2.05, 4.69) is 15.2 Å². The van der Waals surface area contributed by atoms with Crippen molar-refractivity contribution >= 4 is 27.8 Å². The zero-order valence-corrected chi connectivity index (χ0v) is 17.1. The molecule has 0 aliphatic carbocycles. The van der Waals surface area contributed by atoms with Crippen LogP contribution in [-0.4, -0.2) is 20.5 Å². The Morgan fingerprint density at radius 3 is 2.52 bits per heavy atom. The first-order valence-corrected chi connectivity index (χ1v) is 10.3. The molecule has 2 N–H and O–H groups in total. The lowest BCUT2D eigenvalue weighted by molar-refractivity contribution is 0.0955. The van der Waals surface area contributed by atoms with Crippen molar-refractivity contribution in [1.82, 2.24) is 5.43 Å². The molecule has 0 bridgehead atoms. The summed E-state index contributed by atoms with van der Waals surface area (Å²) in [6.07, 6.45) is 1.37. The lowest BCUT2D eigenvalue weighted by Crippen LogP contribution is -2.19. The number of nitrogens with one attached hydrogen (secondary N) is 2. The van der Waals surface area contributed by atoms with Gasteiger partial charge in [-0.3, -0.25) is 9.52 Å². The van der Waals surface area contributed by atoms with Crippen LogP contribution in [0.3, 0.4) is 0 Å². The second kappa shape index (κ2) is 8.32. The van der Waals surface area contributed by atoms with Crippen LogP contribution in [0.4, 0.5) is 5.69 Å². The van der Waals surface area contributed by atoms with E-state index in [-0.39, 0.29) is 10.5 Å². The topological polar surface area (TPSA) is 101 Å². The minimum Gasteiger partial charge on any atom is -0.460 e. The number of hydrogen-bond donors (Lipinski definition) is 2. The van der Waals surface area contributed by atoms with Gasteiger partial charge in [0.1, 0.15) is 11.5 Å². The molecule has 29 heavy (non-hydrogen) atoms. The number of sulfonamides is 1. The molecule has 0 fully saturated rings. The molecule has 3 rings (SSSR count). The van der Waals surface area contributed by atoms with Gasteiger partial charge >= 0.3 is 0 Å². The van der Waals surface area contributed by atoms with Gasteiger partial charge in [-0.05, 0) is 62.7 Å². The van der Waals surface area contributed by atoms with Gasteiger partial charge in [0.05, 0.1) is 16.8 Å². The molecule has 150 valence electrons. The van der Waals surface area contributed by atoms with E-state index in [4.69, 9.17) is 4.42 Å². The van der Waals surface area contributed by atoms with Crippen LogP contribution in [-0.2, 0) is 10.0 Å². The van der Waals surface area contributed by atoms with Crippen molar-refractivity contribution in [3.05, 3.63) is 82.8 Å². The molecular formula is C21H21N3O4S. The van der Waals surface area contributed by atoms with Gasteiger partial charge in [-0.25, -0.2) is 13.8 Å². The molecule has 0 saturated heterocycles. The molecule has 0 spiro atoms. The number of nitrogens with zero attached hydrogens (tertiary/aromatic N) is 1. The molecule has 1 amide bonds. The highest BCUT2D eigenvalue weighted by molar-refractivity contribution is 7.92. The Balaban J connectivity index is 1.75. The molecule has 1 heterocycles. The third-order valence-electron chi connectivity index (χ3n) is 4.15. The van der Waals surface area contributed by atoms with Gasteiger partial charge in [0.15, 0.2) is 0 Å². The molecule has 7 nitrogen and oxygen atoms in total. The zero-order chi connectivity index (χ0) is 21.0. The molecule has 2 aromatic carbocycles. The highest BCUT2D eigenvalue weighted by atomic mass is 32.2. The maximum atomic E-state index is 12.7. The fourth-order valence-corrected chi connectivity index (χ4v) is 3.85. The third-order valence-corrected chi connectivity index (χ3v) is 5.51. The fourth-order valence-electron chi connectivity index (χ4n) is 2.68. The zero-order valence-electron chi connectivity index (χ0n) is 16.3. The second-order valence-corrected chi connectivity index (χ2v) is 8.28. The molecule has 1 aromatic heterocycles. The summed E-state index contributed by atoms with van der Waals surface area (Å²) in [5.41, 5.74) is 4.86. The average Bonchev–Trinajstić information content (AvgIpc) is 3.09. The lowest BCUT2D eigenvalue weighted by atomic mass is 10.1. The van der Waals surface area contributed by atoms with Crippen LogP contribution < -0.4 is 10.1 Å². The van der Waals surface area contributed by atoms with E-state index in [0.717, 1.165) is 16.9 Å². The maximum absolute atomic E-state index is 12.7. The first kappa shape index (κ1) is 20.3. The lowest BCUT2D eigenvalue weighted by Gasteiger charge is -2.12. The smallest absolute Gasteiger partial charge is 0.271 e. The highest BCUT2D eigenvalue weighted by Crippen LogP contribution is 2.21. The molecule has 0 saturated carbocycles. The molecule has 0 atom stereocenters. The van der Waals surface area contributed by atoms with Crippen molar-refractivity contribution in [2.75, 3.05) is 4.72 Å². The number of aryl methyl sites for hydroxylation is 3. The Kier molecular flexibility index (Phi) is 5.84. The van der Waals surface area contributed by atoms with Crippen LogP contribution in [0, 0.1) is 20.8 Å². The van der Waals surface area contributed by atoms with Gasteiger partial charge in [0, 0.05) is 5.56 Å². The van der Waals surface area contributed by atoms with E-state index in [9.17, 15) is 13.2 Å². The number of amides is 1. The summed E-state index contributed by atoms with van der Waals surface area (Å²) in [5.74, 6) is 0.692. The van der Waals surface area contributed by atoms with Crippen molar-refractivity contribution in [1.29, 1.82) is 0 Å². The number of rotatable bonds is 6. The Morgan fingerprint density at radius 2 is 1.83 bits per heavy atom. The van der Waals surface area contributed by atoms with Gasteiger partial charge in [0.2, 0.25) is 0 Å². The van der Waals surface area contributed by atoms with Crippen LogP contribution in [0.25, 0.3) is 0 Å². The van der Waals surface area contributed by atoms with E-state index in [1.165, 1.54) is 30.5 Å². The molecule has 0 aliphatic rings. The predicted molar refractivity (Wildman–Crippen MR) is 112 cm³/mol. The number of furan rings is 1. The van der Waals surface area contributed by atoms with Crippen LogP contribution in [0.15, 0.2) is 69.0 Å². The van der Waals surface area contributed by atoms with Crippen LogP contribution in [0.5, 0.6) is 0 Å². The number of carbonyl (C=O) groups is 1. The average molecular weight is 411 g/mol. The monoisotopic (exact) mass is 411 g/mol. The standard InChI is InChI=1S/C21H21N3O4S/c1-14-7-10-20(15(2)11-14)24-29(26,27)19-6-4-5-17(12-19)21(25)23-22-13-18-9-8-16(3)28-18/h4-13,24H,1-3H3,(H,23,25)/b22-13+. The maximum Gasteiger partial charge on any atom is 0.271 e. The molecule has 8 heteroatoms. The summed E-state index contributed by atoms with van der Waals surface area (Å²) in [4.78, 5) is 12.3. The number of carbonyl (C=O) groups excluding carboxylic acids is 1. The summed E-state index contributed by atoms with van der Waals surface area (Å²) < 4.78 is 33.3. The first-order valence-electron chi connectivity index (χ1n) is 8.84. The SMILES string of the molecule is Cc1ccc(NS(=O)(=O)c2cccc(C(=O)N/N=C/c3ccc(C)o3)c2)c(C)c1. The quantitative estimate of drug-likeness (QED) is 0.476. The van der Waals surface area contributed by atoms with Gasteiger partial charge < -0.3 is 4.42 Å². The summed E-state index contributed by atoms with van der Waals surface area (Å²) in [6, 6.07) is 14.7. The Morgan fingerprint density at radius 1 is 1.03 bits per heavy atom. The van der Waals surface area contributed by atoms with Gasteiger partial charge in [0.25, 0.3) is 15.9 Å². The van der Waals surface area contributed by atoms with Crippen molar-refractivity contribution < 1.29 is 17.6 Å². The molecular weight excluding hydrogens is 390 g/mol. The van der Waals surface area contributed by atoms with Crippen molar-refractivity contribution in [3.63, 3.8) is 0 Å². The van der Waals surface area contributed by atoms with Crippen molar-refractivity contribution in [3.8, 4) is 0 Å². The van der Waals surface area contributed by atoms with Gasteiger partial charge in [-0.1, -0.05) is 23.8 Å². The van der Waals surface area contributed by atoms with Crippen LogP contribution in [0.1, 0.15) is 33.0 Å². The fraction of sp³-hybridized carbons (Fsp3) is 0.143. The van der Waals surface area contributed by atoms with E-state index in [1.54, 1.807) is 25.1 Å². The number of hydrazone groups is 1. The van der Waals surface area contributed by atoms with E-state index < -0.39 is 15.9 Å². The summed E-state index contributed by atoms with van der Waals surface area (Å²) in [5, 5.41) is 3.83. The van der Waals surface area contributed by atoms with Crippen LogP contribution >= 0.6 is 0 Å².